The Kier molecular flexibility index (Phi) is 6.48. The molecule has 160 valence electrons. The number of hydrogen-bond acceptors (Lipinski definition) is 6. The molecule has 5 nitrogen and oxygen atoms in total. The van der Waals surface area contributed by atoms with Crippen LogP contribution in [0.3, 0.4) is 0 Å². The zero-order valence-electron chi connectivity index (χ0n) is 18.0. The normalized spacial score (nSPS) is 13.7. The van der Waals surface area contributed by atoms with Gasteiger partial charge in [0.05, 0.1) is 24.9 Å². The van der Waals surface area contributed by atoms with Gasteiger partial charge in [-0.1, -0.05) is 31.5 Å². The second-order valence-electron chi connectivity index (χ2n) is 7.39. The van der Waals surface area contributed by atoms with Gasteiger partial charge in [-0.2, -0.15) is 0 Å². The molecule has 0 atom stereocenters. The number of ether oxygens (including phenoxy) is 2. The number of benzene rings is 1. The molecule has 0 fully saturated rings. The molecule has 30 heavy (non-hydrogen) atoms. The molecule has 1 aliphatic heterocycles. The van der Waals surface area contributed by atoms with Crippen molar-refractivity contribution >= 4 is 33.2 Å². The van der Waals surface area contributed by atoms with Crippen LogP contribution in [-0.4, -0.2) is 43.7 Å². The molecule has 0 amide bonds. The number of nitrogens with one attached hydrogen (secondary N) is 1. The molecule has 1 N–H and O–H groups in total. The Morgan fingerprint density at radius 3 is 2.63 bits per heavy atom. The van der Waals surface area contributed by atoms with Crippen molar-refractivity contribution in [3.05, 3.63) is 39.4 Å². The van der Waals surface area contributed by atoms with Gasteiger partial charge >= 0.3 is 0 Å². The Labute approximate surface area is 187 Å². The lowest BCUT2D eigenvalue weighted by atomic mass is 9.96. The van der Waals surface area contributed by atoms with E-state index in [1.807, 2.05) is 12.1 Å². The fourth-order valence-corrected chi connectivity index (χ4v) is 5.63. The average Bonchev–Trinajstić information content (AvgIpc) is 3.15. The van der Waals surface area contributed by atoms with Crippen LogP contribution in [0.4, 0.5) is 0 Å². The van der Waals surface area contributed by atoms with Crippen molar-refractivity contribution in [3.63, 3.8) is 0 Å². The van der Waals surface area contributed by atoms with Gasteiger partial charge in [0.15, 0.2) is 11.5 Å². The third kappa shape index (κ3) is 3.78. The highest BCUT2D eigenvalue weighted by Gasteiger charge is 2.25. The number of halogens is 1. The molecule has 3 heterocycles. The van der Waals surface area contributed by atoms with Gasteiger partial charge in [0, 0.05) is 28.9 Å². The van der Waals surface area contributed by atoms with Crippen LogP contribution in [0.1, 0.15) is 30.0 Å². The fraction of sp³-hybridized carbons (Fsp3) is 0.435. The van der Waals surface area contributed by atoms with Gasteiger partial charge in [-0.25, -0.2) is 4.98 Å². The molecule has 2 aromatic heterocycles. The van der Waals surface area contributed by atoms with Gasteiger partial charge in [-0.3, -0.25) is 4.90 Å². The number of hydrogen-bond donors (Lipinski definition) is 1. The Balaban J connectivity index is 1.98. The molecule has 0 radical (unpaired) electrons. The molecule has 4 rings (SSSR count). The summed E-state index contributed by atoms with van der Waals surface area (Å²) in [5, 5.41) is 5.41. The highest BCUT2D eigenvalue weighted by molar-refractivity contribution is 7.19. The van der Waals surface area contributed by atoms with E-state index in [0.29, 0.717) is 11.5 Å². The molecule has 1 aliphatic rings. The first-order chi connectivity index (χ1) is 14.6. The average molecular weight is 446 g/mol. The van der Waals surface area contributed by atoms with E-state index >= 15 is 0 Å². The predicted molar refractivity (Wildman–Crippen MR) is 125 cm³/mol. The smallest absolute Gasteiger partial charge is 0.161 e. The van der Waals surface area contributed by atoms with Crippen molar-refractivity contribution in [1.29, 1.82) is 0 Å². The first-order valence-electron chi connectivity index (χ1n) is 10.4. The van der Waals surface area contributed by atoms with Gasteiger partial charge < -0.3 is 14.8 Å². The van der Waals surface area contributed by atoms with E-state index in [1.165, 1.54) is 15.8 Å². The monoisotopic (exact) mass is 445 g/mol. The second-order valence-corrected chi connectivity index (χ2v) is 8.85. The Bertz CT molecular complexity index is 1060. The molecule has 0 spiro atoms. The second kappa shape index (κ2) is 9.10. The van der Waals surface area contributed by atoms with Crippen molar-refractivity contribution in [3.8, 4) is 22.6 Å². The number of fused-ring (bicyclic) bond motifs is 3. The van der Waals surface area contributed by atoms with Gasteiger partial charge in [0.25, 0.3) is 0 Å². The molecule has 1 aromatic carbocycles. The maximum Gasteiger partial charge on any atom is 0.161 e. The van der Waals surface area contributed by atoms with Crippen molar-refractivity contribution in [1.82, 2.24) is 15.2 Å². The summed E-state index contributed by atoms with van der Waals surface area (Å²) >= 11 is 8.86. The van der Waals surface area contributed by atoms with Crippen LogP contribution in [0.25, 0.3) is 21.3 Å². The maximum absolute atomic E-state index is 7.08. The summed E-state index contributed by atoms with van der Waals surface area (Å²) in [5.41, 5.74) is 4.40. The summed E-state index contributed by atoms with van der Waals surface area (Å²) in [4.78, 5) is 9.81. The lowest BCUT2D eigenvalue weighted by molar-refractivity contribution is 0.293. The highest BCUT2D eigenvalue weighted by atomic mass is 35.5. The van der Waals surface area contributed by atoms with E-state index in [1.54, 1.807) is 25.6 Å². The molecule has 7 heteroatoms. The number of thiophene rings is 1. The van der Waals surface area contributed by atoms with Crippen molar-refractivity contribution < 1.29 is 9.47 Å². The topological polar surface area (TPSA) is 46.6 Å². The number of nitrogens with zero attached hydrogens (tertiary/aromatic N) is 2. The third-order valence-electron chi connectivity index (χ3n) is 5.81. The minimum absolute atomic E-state index is 0.701. The van der Waals surface area contributed by atoms with Crippen molar-refractivity contribution in [2.75, 3.05) is 33.9 Å². The zero-order valence-corrected chi connectivity index (χ0v) is 19.5. The van der Waals surface area contributed by atoms with E-state index in [4.69, 9.17) is 26.1 Å². The van der Waals surface area contributed by atoms with Crippen LogP contribution < -0.4 is 14.8 Å². The van der Waals surface area contributed by atoms with E-state index in [9.17, 15) is 0 Å². The van der Waals surface area contributed by atoms with Gasteiger partial charge in [-0.05, 0) is 49.3 Å². The van der Waals surface area contributed by atoms with E-state index < -0.39 is 0 Å². The first kappa shape index (κ1) is 21.4. The molecular formula is C23H28ClN3O2S. The summed E-state index contributed by atoms with van der Waals surface area (Å²) in [6, 6.07) is 6.03. The lowest BCUT2D eigenvalue weighted by Gasteiger charge is -2.20. The highest BCUT2D eigenvalue weighted by Crippen LogP contribution is 2.45. The van der Waals surface area contributed by atoms with Crippen LogP contribution in [-0.2, 0) is 19.5 Å². The van der Waals surface area contributed by atoms with Gasteiger partial charge in [0.2, 0.25) is 0 Å². The van der Waals surface area contributed by atoms with Crippen LogP contribution in [0.15, 0.2) is 18.2 Å². The zero-order chi connectivity index (χ0) is 21.3. The van der Waals surface area contributed by atoms with Crippen LogP contribution >= 0.6 is 22.9 Å². The van der Waals surface area contributed by atoms with E-state index in [-0.39, 0.29) is 0 Å². The lowest BCUT2D eigenvalue weighted by Crippen LogP contribution is -2.23. The number of methoxy groups -OCH3 is 2. The molecule has 0 saturated carbocycles. The third-order valence-corrected chi connectivity index (χ3v) is 7.34. The molecular weight excluding hydrogens is 418 g/mol. The molecule has 0 bridgehead atoms. The SMILES string of the molecule is CCN(CC)Cc1nc2sc3c(c2c(-c2ccc(OC)c(OC)c2)c1Cl)CCNC3. The Morgan fingerprint density at radius 2 is 1.93 bits per heavy atom. The maximum atomic E-state index is 7.08. The van der Waals surface area contributed by atoms with Gasteiger partial charge in [0.1, 0.15) is 4.83 Å². The Hall–Kier alpha value is -1.86. The van der Waals surface area contributed by atoms with Crippen LogP contribution in [0.5, 0.6) is 11.5 Å². The predicted octanol–water partition coefficient (Wildman–Crippen LogP) is 5.12. The summed E-state index contributed by atoms with van der Waals surface area (Å²) in [7, 11) is 3.31. The molecule has 0 saturated heterocycles. The quantitative estimate of drug-likeness (QED) is 0.546. The summed E-state index contributed by atoms with van der Waals surface area (Å²) in [6.45, 7) is 8.87. The number of pyridine rings is 1. The van der Waals surface area contributed by atoms with Gasteiger partial charge in [-0.15, -0.1) is 11.3 Å². The standard InChI is InChI=1S/C23H28ClN3O2S/c1-5-27(6-2)13-16-22(24)20(14-7-8-17(28-3)18(11-14)29-4)21-15-9-10-25-12-19(15)30-23(21)26-16/h7-8,11,25H,5-6,9-10,12-13H2,1-4H3. The number of aromatic nitrogens is 1. The molecule has 0 aliphatic carbocycles. The van der Waals surface area contributed by atoms with Crippen LogP contribution in [0.2, 0.25) is 5.02 Å². The summed E-state index contributed by atoms with van der Waals surface area (Å²) in [6.07, 6.45) is 0.989. The molecule has 0 unspecified atom stereocenters. The minimum Gasteiger partial charge on any atom is -0.493 e. The fourth-order valence-electron chi connectivity index (χ4n) is 4.11. The number of rotatable bonds is 7. The molecule has 3 aromatic rings. The van der Waals surface area contributed by atoms with Crippen molar-refractivity contribution in [2.24, 2.45) is 0 Å². The van der Waals surface area contributed by atoms with Crippen molar-refractivity contribution in [2.45, 2.75) is 33.4 Å². The van der Waals surface area contributed by atoms with Crippen LogP contribution in [0, 0.1) is 0 Å². The summed E-state index contributed by atoms with van der Waals surface area (Å²) in [5.74, 6) is 1.41. The summed E-state index contributed by atoms with van der Waals surface area (Å²) < 4.78 is 11.0. The first-order valence-corrected chi connectivity index (χ1v) is 11.6. The van der Waals surface area contributed by atoms with E-state index in [2.05, 4.69) is 30.1 Å². The largest absolute Gasteiger partial charge is 0.493 e. The van der Waals surface area contributed by atoms with E-state index in [0.717, 1.165) is 65.8 Å². The minimum atomic E-state index is 0.701. The Morgan fingerprint density at radius 1 is 1.17 bits per heavy atom.